The lowest BCUT2D eigenvalue weighted by atomic mass is 9.89. The lowest BCUT2D eigenvalue weighted by Gasteiger charge is -2.26. The number of phenolic OH excluding ortho intramolecular Hbond substituents is 1. The molecule has 1 aromatic heterocycles. The molecule has 140 valence electrons. The van der Waals surface area contributed by atoms with Crippen molar-refractivity contribution in [2.45, 2.75) is 45.3 Å². The molecule has 1 N–H and O–H groups in total. The molecule has 1 aliphatic rings. The fourth-order valence-corrected chi connectivity index (χ4v) is 3.90. The van der Waals surface area contributed by atoms with Gasteiger partial charge in [0.05, 0.1) is 11.0 Å². The van der Waals surface area contributed by atoms with E-state index in [9.17, 15) is 9.90 Å². The summed E-state index contributed by atoms with van der Waals surface area (Å²) in [6, 6.07) is 14.6. The molecule has 0 amide bonds. The van der Waals surface area contributed by atoms with Crippen LogP contribution in [0.2, 0.25) is 0 Å². The SMILES string of the molecule is CC1CCCC(OC(=O)Cn2c(-c3ccc(O)cc3)nc3ccccc32)C1. The van der Waals surface area contributed by atoms with E-state index < -0.39 is 0 Å². The molecule has 27 heavy (non-hydrogen) atoms. The molecule has 0 aliphatic heterocycles. The molecule has 2 unspecified atom stereocenters. The van der Waals surface area contributed by atoms with Crippen LogP contribution in [-0.2, 0) is 16.1 Å². The minimum atomic E-state index is -0.225. The number of benzene rings is 2. The lowest BCUT2D eigenvalue weighted by molar-refractivity contribution is -0.151. The number of hydrogen-bond acceptors (Lipinski definition) is 4. The molecule has 3 aromatic rings. The Morgan fingerprint density at radius 3 is 2.74 bits per heavy atom. The molecule has 0 radical (unpaired) electrons. The van der Waals surface area contributed by atoms with E-state index in [1.807, 2.05) is 28.8 Å². The standard InChI is InChI=1S/C22H24N2O3/c1-15-5-4-6-18(13-15)27-21(26)14-24-20-8-3-2-7-19(20)23-22(24)16-9-11-17(25)12-10-16/h2-3,7-12,15,18,25H,4-6,13-14H2,1H3. The fourth-order valence-electron chi connectivity index (χ4n) is 3.90. The number of rotatable bonds is 4. The van der Waals surface area contributed by atoms with E-state index in [1.54, 1.807) is 24.3 Å². The molecular formula is C22H24N2O3. The number of nitrogens with zero attached hydrogens (tertiary/aromatic N) is 2. The zero-order chi connectivity index (χ0) is 18.8. The quantitative estimate of drug-likeness (QED) is 0.691. The van der Waals surface area contributed by atoms with Gasteiger partial charge in [0.1, 0.15) is 24.2 Å². The van der Waals surface area contributed by atoms with Gasteiger partial charge in [-0.15, -0.1) is 0 Å². The first-order chi connectivity index (χ1) is 13.1. The number of carbonyl (C=O) groups is 1. The molecule has 1 heterocycles. The number of imidazole rings is 1. The molecule has 1 saturated carbocycles. The van der Waals surface area contributed by atoms with Crippen molar-refractivity contribution < 1.29 is 14.6 Å². The van der Waals surface area contributed by atoms with E-state index in [0.29, 0.717) is 11.7 Å². The van der Waals surface area contributed by atoms with Crippen molar-refractivity contribution in [2.24, 2.45) is 5.92 Å². The van der Waals surface area contributed by atoms with Gasteiger partial charge >= 0.3 is 5.97 Å². The van der Waals surface area contributed by atoms with Crippen molar-refractivity contribution in [1.82, 2.24) is 9.55 Å². The number of aromatic nitrogens is 2. The Bertz CT molecular complexity index is 946. The number of hydrogen-bond donors (Lipinski definition) is 1. The van der Waals surface area contributed by atoms with Crippen molar-refractivity contribution in [2.75, 3.05) is 0 Å². The predicted molar refractivity (Wildman–Crippen MR) is 104 cm³/mol. The highest BCUT2D eigenvalue weighted by Gasteiger charge is 2.23. The Morgan fingerprint density at radius 2 is 1.96 bits per heavy atom. The van der Waals surface area contributed by atoms with Crippen LogP contribution in [0.25, 0.3) is 22.4 Å². The average Bonchev–Trinajstić information content (AvgIpc) is 3.01. The monoisotopic (exact) mass is 364 g/mol. The van der Waals surface area contributed by atoms with Gasteiger partial charge in [0.15, 0.2) is 0 Å². The Morgan fingerprint density at radius 1 is 1.19 bits per heavy atom. The van der Waals surface area contributed by atoms with Crippen LogP contribution in [0.5, 0.6) is 5.75 Å². The van der Waals surface area contributed by atoms with Gasteiger partial charge in [-0.25, -0.2) is 4.98 Å². The second-order valence-corrected chi connectivity index (χ2v) is 7.44. The van der Waals surface area contributed by atoms with Crippen LogP contribution in [-0.4, -0.2) is 26.7 Å². The normalized spacial score (nSPS) is 19.9. The molecule has 0 saturated heterocycles. The predicted octanol–water partition coefficient (Wildman–Crippen LogP) is 4.53. The van der Waals surface area contributed by atoms with Crippen molar-refractivity contribution in [3.05, 3.63) is 48.5 Å². The van der Waals surface area contributed by atoms with E-state index in [4.69, 9.17) is 9.72 Å². The maximum absolute atomic E-state index is 12.7. The Kier molecular flexibility index (Phi) is 4.84. The summed E-state index contributed by atoms with van der Waals surface area (Å²) in [5.41, 5.74) is 2.58. The van der Waals surface area contributed by atoms with Crippen LogP contribution in [0.1, 0.15) is 32.6 Å². The largest absolute Gasteiger partial charge is 0.508 e. The topological polar surface area (TPSA) is 64.3 Å². The number of aromatic hydroxyl groups is 1. The van der Waals surface area contributed by atoms with Crippen molar-refractivity contribution in [1.29, 1.82) is 0 Å². The molecular weight excluding hydrogens is 340 g/mol. The molecule has 5 nitrogen and oxygen atoms in total. The van der Waals surface area contributed by atoms with E-state index in [2.05, 4.69) is 6.92 Å². The van der Waals surface area contributed by atoms with E-state index in [-0.39, 0.29) is 24.4 Å². The minimum absolute atomic E-state index is 0.0214. The summed E-state index contributed by atoms with van der Waals surface area (Å²) in [6.07, 6.45) is 4.25. The molecule has 1 aliphatic carbocycles. The van der Waals surface area contributed by atoms with E-state index >= 15 is 0 Å². The summed E-state index contributed by atoms with van der Waals surface area (Å²) in [4.78, 5) is 17.4. The highest BCUT2D eigenvalue weighted by Crippen LogP contribution is 2.28. The second kappa shape index (κ2) is 7.43. The van der Waals surface area contributed by atoms with Crippen LogP contribution in [0.4, 0.5) is 0 Å². The fraction of sp³-hybridized carbons (Fsp3) is 0.364. The van der Waals surface area contributed by atoms with Crippen molar-refractivity contribution in [3.8, 4) is 17.1 Å². The first-order valence-corrected chi connectivity index (χ1v) is 9.54. The summed E-state index contributed by atoms with van der Waals surface area (Å²) in [6.45, 7) is 2.34. The van der Waals surface area contributed by atoms with Crippen LogP contribution in [0, 0.1) is 5.92 Å². The number of esters is 1. The van der Waals surface area contributed by atoms with Gasteiger partial charge in [0.2, 0.25) is 0 Å². The van der Waals surface area contributed by atoms with Gasteiger partial charge in [-0.1, -0.05) is 25.5 Å². The molecule has 2 aromatic carbocycles. The zero-order valence-electron chi connectivity index (χ0n) is 15.5. The summed E-state index contributed by atoms with van der Waals surface area (Å²) in [7, 11) is 0. The lowest BCUT2D eigenvalue weighted by Crippen LogP contribution is -2.26. The van der Waals surface area contributed by atoms with E-state index in [1.165, 1.54) is 6.42 Å². The number of phenols is 1. The summed E-state index contributed by atoms with van der Waals surface area (Å²) < 4.78 is 7.67. The third-order valence-electron chi connectivity index (χ3n) is 5.25. The third kappa shape index (κ3) is 3.82. The molecule has 1 fully saturated rings. The number of carbonyl (C=O) groups excluding carboxylic acids is 1. The van der Waals surface area contributed by atoms with E-state index in [0.717, 1.165) is 35.9 Å². The van der Waals surface area contributed by atoms with Gasteiger partial charge < -0.3 is 14.4 Å². The number of ether oxygens (including phenoxy) is 1. The summed E-state index contributed by atoms with van der Waals surface area (Å²) in [5.74, 6) is 1.29. The molecule has 5 heteroatoms. The Labute approximate surface area is 158 Å². The maximum atomic E-state index is 12.7. The second-order valence-electron chi connectivity index (χ2n) is 7.44. The van der Waals surface area contributed by atoms with Gasteiger partial charge in [-0.05, 0) is 61.6 Å². The smallest absolute Gasteiger partial charge is 0.326 e. The minimum Gasteiger partial charge on any atom is -0.508 e. The third-order valence-corrected chi connectivity index (χ3v) is 5.25. The summed E-state index contributed by atoms with van der Waals surface area (Å²) in [5, 5.41) is 9.56. The Balaban J connectivity index is 1.62. The number of para-hydroxylation sites is 2. The highest BCUT2D eigenvalue weighted by atomic mass is 16.5. The van der Waals surface area contributed by atoms with Crippen LogP contribution < -0.4 is 0 Å². The van der Waals surface area contributed by atoms with Gasteiger partial charge in [0, 0.05) is 5.56 Å². The zero-order valence-corrected chi connectivity index (χ0v) is 15.5. The van der Waals surface area contributed by atoms with Crippen molar-refractivity contribution >= 4 is 17.0 Å². The van der Waals surface area contributed by atoms with Crippen LogP contribution in [0.3, 0.4) is 0 Å². The molecule has 0 spiro atoms. The van der Waals surface area contributed by atoms with Crippen LogP contribution in [0.15, 0.2) is 48.5 Å². The molecule has 0 bridgehead atoms. The summed E-state index contributed by atoms with van der Waals surface area (Å²) >= 11 is 0. The van der Waals surface area contributed by atoms with Gasteiger partial charge in [-0.2, -0.15) is 0 Å². The molecule has 2 atom stereocenters. The van der Waals surface area contributed by atoms with Gasteiger partial charge in [-0.3, -0.25) is 4.79 Å². The number of fused-ring (bicyclic) bond motifs is 1. The first kappa shape index (κ1) is 17.6. The van der Waals surface area contributed by atoms with Crippen LogP contribution >= 0.6 is 0 Å². The maximum Gasteiger partial charge on any atom is 0.326 e. The van der Waals surface area contributed by atoms with Crippen molar-refractivity contribution in [3.63, 3.8) is 0 Å². The Hall–Kier alpha value is -2.82. The highest BCUT2D eigenvalue weighted by molar-refractivity contribution is 5.83. The first-order valence-electron chi connectivity index (χ1n) is 9.54. The molecule has 4 rings (SSSR count). The average molecular weight is 364 g/mol. The van der Waals surface area contributed by atoms with Gasteiger partial charge in [0.25, 0.3) is 0 Å².